The standard InChI is InChI=1S/C14H11BrN2O3S2/c1-9-12(15)14(20-16-9)17-22(18,19)11-7-8-21-13(11)10-5-3-2-4-6-10/h2-8,17H,1H3. The van der Waals surface area contributed by atoms with Gasteiger partial charge >= 0.3 is 0 Å². The number of aromatic nitrogens is 1. The first-order valence-electron chi connectivity index (χ1n) is 6.26. The molecule has 0 spiro atoms. The van der Waals surface area contributed by atoms with Crippen molar-refractivity contribution < 1.29 is 12.9 Å². The summed E-state index contributed by atoms with van der Waals surface area (Å²) in [5, 5.41) is 5.46. The van der Waals surface area contributed by atoms with Gasteiger partial charge in [0.15, 0.2) is 0 Å². The van der Waals surface area contributed by atoms with Crippen molar-refractivity contribution in [2.24, 2.45) is 0 Å². The number of hydrogen-bond acceptors (Lipinski definition) is 5. The second kappa shape index (κ2) is 5.86. The maximum atomic E-state index is 12.6. The molecule has 0 fully saturated rings. The minimum absolute atomic E-state index is 0.0720. The normalized spacial score (nSPS) is 11.5. The monoisotopic (exact) mass is 398 g/mol. The third-order valence-corrected chi connectivity index (χ3v) is 6.37. The van der Waals surface area contributed by atoms with Crippen LogP contribution >= 0.6 is 27.3 Å². The summed E-state index contributed by atoms with van der Waals surface area (Å²) in [6.07, 6.45) is 0. The number of anilines is 1. The van der Waals surface area contributed by atoms with Crippen molar-refractivity contribution in [3.63, 3.8) is 0 Å². The highest BCUT2D eigenvalue weighted by Gasteiger charge is 2.24. The summed E-state index contributed by atoms with van der Waals surface area (Å²) in [7, 11) is -3.76. The number of hydrogen-bond donors (Lipinski definition) is 1. The number of thiophene rings is 1. The smallest absolute Gasteiger partial charge is 0.265 e. The molecule has 2 heterocycles. The second-order valence-electron chi connectivity index (χ2n) is 4.50. The second-order valence-corrected chi connectivity index (χ2v) is 7.86. The van der Waals surface area contributed by atoms with Gasteiger partial charge in [0.1, 0.15) is 9.37 Å². The van der Waals surface area contributed by atoms with Crippen LogP contribution in [0.3, 0.4) is 0 Å². The molecule has 0 radical (unpaired) electrons. The first-order chi connectivity index (χ1) is 10.5. The zero-order valence-electron chi connectivity index (χ0n) is 11.4. The van der Waals surface area contributed by atoms with Crippen LogP contribution in [0.2, 0.25) is 0 Å². The molecule has 0 bridgehead atoms. The quantitative estimate of drug-likeness (QED) is 0.711. The number of halogens is 1. The molecule has 8 heteroatoms. The number of nitrogens with one attached hydrogen (secondary N) is 1. The Labute approximate surface area is 140 Å². The van der Waals surface area contributed by atoms with Gasteiger partial charge in [-0.1, -0.05) is 35.5 Å². The summed E-state index contributed by atoms with van der Waals surface area (Å²) in [6.45, 7) is 1.71. The molecule has 22 heavy (non-hydrogen) atoms. The average Bonchev–Trinajstić information content (AvgIpc) is 3.11. The van der Waals surface area contributed by atoms with Crippen LogP contribution in [0, 0.1) is 6.92 Å². The molecular formula is C14H11BrN2O3S2. The van der Waals surface area contributed by atoms with Gasteiger partial charge in [0.05, 0.1) is 10.6 Å². The third kappa shape index (κ3) is 2.81. The van der Waals surface area contributed by atoms with E-state index >= 15 is 0 Å². The van der Waals surface area contributed by atoms with E-state index in [1.807, 2.05) is 30.3 Å². The summed E-state index contributed by atoms with van der Waals surface area (Å²) in [6, 6.07) is 11.0. The maximum absolute atomic E-state index is 12.6. The van der Waals surface area contributed by atoms with Crippen LogP contribution in [0.5, 0.6) is 0 Å². The van der Waals surface area contributed by atoms with Gasteiger partial charge in [0.25, 0.3) is 15.9 Å². The summed E-state index contributed by atoms with van der Waals surface area (Å²) < 4.78 is 33.1. The molecule has 3 aromatic rings. The molecule has 0 aliphatic heterocycles. The van der Waals surface area contributed by atoms with E-state index in [1.54, 1.807) is 18.4 Å². The molecule has 0 saturated heterocycles. The largest absolute Gasteiger partial charge is 0.336 e. The van der Waals surface area contributed by atoms with Gasteiger partial charge in [-0.15, -0.1) is 11.3 Å². The minimum atomic E-state index is -3.76. The Morgan fingerprint density at radius 1 is 1.23 bits per heavy atom. The van der Waals surface area contributed by atoms with Gasteiger partial charge in [0.2, 0.25) is 0 Å². The summed E-state index contributed by atoms with van der Waals surface area (Å²) in [5.74, 6) is 0.0720. The number of sulfonamides is 1. The fourth-order valence-corrected chi connectivity index (χ4v) is 4.74. The van der Waals surface area contributed by atoms with Crippen molar-refractivity contribution in [3.05, 3.63) is 51.9 Å². The van der Waals surface area contributed by atoms with Gasteiger partial charge in [-0.3, -0.25) is 0 Å². The van der Waals surface area contributed by atoms with E-state index in [9.17, 15) is 8.42 Å². The lowest BCUT2D eigenvalue weighted by Crippen LogP contribution is -2.12. The van der Waals surface area contributed by atoms with Gasteiger partial charge in [-0.2, -0.15) is 0 Å². The van der Waals surface area contributed by atoms with Crippen LogP contribution in [0.15, 0.2) is 55.7 Å². The molecule has 0 atom stereocenters. The van der Waals surface area contributed by atoms with Crippen molar-refractivity contribution >= 4 is 43.2 Å². The molecule has 114 valence electrons. The molecule has 1 aromatic carbocycles. The van der Waals surface area contributed by atoms with Crippen molar-refractivity contribution in [2.75, 3.05) is 4.72 Å². The highest BCUT2D eigenvalue weighted by Crippen LogP contribution is 2.35. The SMILES string of the molecule is Cc1noc(NS(=O)(=O)c2ccsc2-c2ccccc2)c1Br. The highest BCUT2D eigenvalue weighted by molar-refractivity contribution is 9.10. The Bertz CT molecular complexity index is 901. The van der Waals surface area contributed by atoms with Crippen LogP contribution in [0.25, 0.3) is 10.4 Å². The van der Waals surface area contributed by atoms with Crippen LogP contribution in [0.4, 0.5) is 5.88 Å². The number of benzene rings is 1. The van der Waals surface area contributed by atoms with E-state index in [-0.39, 0.29) is 10.8 Å². The highest BCUT2D eigenvalue weighted by atomic mass is 79.9. The predicted octanol–water partition coefficient (Wildman–Crippen LogP) is 4.27. The summed E-state index contributed by atoms with van der Waals surface area (Å²) >= 11 is 4.62. The molecule has 0 amide bonds. The fraction of sp³-hybridized carbons (Fsp3) is 0.0714. The Morgan fingerprint density at radius 2 is 1.95 bits per heavy atom. The van der Waals surface area contributed by atoms with Crippen molar-refractivity contribution in [3.8, 4) is 10.4 Å². The summed E-state index contributed by atoms with van der Waals surface area (Å²) in [5.41, 5.74) is 1.43. The van der Waals surface area contributed by atoms with Crippen LogP contribution in [-0.4, -0.2) is 13.6 Å². The van der Waals surface area contributed by atoms with E-state index in [0.29, 0.717) is 15.0 Å². The van der Waals surface area contributed by atoms with Crippen molar-refractivity contribution in [1.82, 2.24) is 5.16 Å². The molecule has 1 N–H and O–H groups in total. The maximum Gasteiger partial charge on any atom is 0.265 e. The van der Waals surface area contributed by atoms with Crippen LogP contribution in [0.1, 0.15) is 5.69 Å². The molecule has 0 saturated carbocycles. The lowest BCUT2D eigenvalue weighted by molar-refractivity contribution is 0.430. The van der Waals surface area contributed by atoms with Crippen molar-refractivity contribution in [1.29, 1.82) is 0 Å². The van der Waals surface area contributed by atoms with Crippen LogP contribution in [-0.2, 0) is 10.0 Å². The van der Waals surface area contributed by atoms with E-state index in [2.05, 4.69) is 25.8 Å². The lowest BCUT2D eigenvalue weighted by Gasteiger charge is -2.06. The average molecular weight is 399 g/mol. The summed E-state index contributed by atoms with van der Waals surface area (Å²) in [4.78, 5) is 0.894. The Hall–Kier alpha value is -1.64. The zero-order chi connectivity index (χ0) is 15.7. The Balaban J connectivity index is 2.01. The molecule has 5 nitrogen and oxygen atoms in total. The van der Waals surface area contributed by atoms with E-state index < -0.39 is 10.0 Å². The minimum Gasteiger partial charge on any atom is -0.336 e. The van der Waals surface area contributed by atoms with E-state index in [0.717, 1.165) is 5.56 Å². The lowest BCUT2D eigenvalue weighted by atomic mass is 10.2. The fourth-order valence-electron chi connectivity index (χ4n) is 1.91. The van der Waals surface area contributed by atoms with Crippen LogP contribution < -0.4 is 4.72 Å². The van der Waals surface area contributed by atoms with Crippen molar-refractivity contribution in [2.45, 2.75) is 11.8 Å². The van der Waals surface area contributed by atoms with Gasteiger partial charge in [0, 0.05) is 0 Å². The Kier molecular flexibility index (Phi) is 4.07. The first kappa shape index (κ1) is 15.3. The van der Waals surface area contributed by atoms with Gasteiger partial charge in [-0.25, -0.2) is 13.1 Å². The first-order valence-corrected chi connectivity index (χ1v) is 9.42. The number of aryl methyl sites for hydroxylation is 1. The molecule has 3 rings (SSSR count). The number of nitrogens with zero attached hydrogens (tertiary/aromatic N) is 1. The topological polar surface area (TPSA) is 72.2 Å². The molecular weight excluding hydrogens is 388 g/mol. The molecule has 0 aliphatic rings. The predicted molar refractivity (Wildman–Crippen MR) is 89.5 cm³/mol. The molecule has 0 aliphatic carbocycles. The number of rotatable bonds is 4. The zero-order valence-corrected chi connectivity index (χ0v) is 14.6. The van der Waals surface area contributed by atoms with E-state index in [1.165, 1.54) is 11.3 Å². The van der Waals surface area contributed by atoms with Gasteiger partial charge < -0.3 is 4.52 Å². The van der Waals surface area contributed by atoms with E-state index in [4.69, 9.17) is 4.52 Å². The van der Waals surface area contributed by atoms with Gasteiger partial charge in [-0.05, 0) is 39.9 Å². The molecule has 0 unspecified atom stereocenters. The third-order valence-electron chi connectivity index (χ3n) is 2.97. The Morgan fingerprint density at radius 3 is 2.59 bits per heavy atom. The molecule has 2 aromatic heterocycles.